The van der Waals surface area contributed by atoms with Gasteiger partial charge in [0.2, 0.25) is 0 Å². The Morgan fingerprint density at radius 2 is 1.84 bits per heavy atom. The van der Waals surface area contributed by atoms with Gasteiger partial charge in [0, 0.05) is 6.04 Å². The molecule has 3 nitrogen and oxygen atoms in total. The van der Waals surface area contributed by atoms with Crippen molar-refractivity contribution in [3.05, 3.63) is 35.4 Å². The van der Waals surface area contributed by atoms with Crippen LogP contribution in [0.4, 0.5) is 0 Å². The molecule has 1 aromatic carbocycles. The molecule has 4 heteroatoms. The molecule has 1 fully saturated rings. The first-order valence-corrected chi connectivity index (χ1v) is 8.74. The van der Waals surface area contributed by atoms with Crippen molar-refractivity contribution in [2.24, 2.45) is 5.73 Å². The molecule has 1 aromatic rings. The van der Waals surface area contributed by atoms with Gasteiger partial charge in [-0.05, 0) is 30.9 Å². The average Bonchev–Trinajstić information content (AvgIpc) is 2.57. The largest absolute Gasteiger partial charge is 0.327 e. The van der Waals surface area contributed by atoms with E-state index in [1.807, 2.05) is 31.2 Å². The highest BCUT2D eigenvalue weighted by atomic mass is 32.2. The molecule has 1 aliphatic carbocycles. The highest BCUT2D eigenvalue weighted by Gasteiger charge is 2.32. The van der Waals surface area contributed by atoms with E-state index in [0.717, 1.165) is 43.2 Å². The van der Waals surface area contributed by atoms with Gasteiger partial charge in [0.15, 0.2) is 9.84 Å². The summed E-state index contributed by atoms with van der Waals surface area (Å²) < 4.78 is 25.2. The zero-order valence-electron chi connectivity index (χ0n) is 11.5. The zero-order chi connectivity index (χ0) is 13.9. The van der Waals surface area contributed by atoms with Crippen LogP contribution in [0.25, 0.3) is 0 Å². The smallest absolute Gasteiger partial charge is 0.158 e. The van der Waals surface area contributed by atoms with E-state index in [-0.39, 0.29) is 17.0 Å². The number of aryl methyl sites for hydroxylation is 1. The van der Waals surface area contributed by atoms with Gasteiger partial charge in [-0.3, -0.25) is 0 Å². The number of benzene rings is 1. The predicted molar refractivity (Wildman–Crippen MR) is 78.7 cm³/mol. The van der Waals surface area contributed by atoms with Crippen LogP contribution in [0.2, 0.25) is 0 Å². The summed E-state index contributed by atoms with van der Waals surface area (Å²) >= 11 is 0. The highest BCUT2D eigenvalue weighted by Crippen LogP contribution is 2.25. The van der Waals surface area contributed by atoms with E-state index in [9.17, 15) is 8.42 Å². The van der Waals surface area contributed by atoms with E-state index in [2.05, 4.69) is 0 Å². The Bertz CT molecular complexity index is 525. The molecule has 0 aliphatic heterocycles. The lowest BCUT2D eigenvalue weighted by Gasteiger charge is -2.22. The lowest BCUT2D eigenvalue weighted by atomic mass is 10.1. The molecule has 0 saturated heterocycles. The van der Waals surface area contributed by atoms with Crippen LogP contribution in [0.5, 0.6) is 0 Å². The van der Waals surface area contributed by atoms with Crippen molar-refractivity contribution in [1.82, 2.24) is 0 Å². The second kappa shape index (κ2) is 6.06. The standard InChI is InChI=1S/C15H23NO2S/c1-12-7-5-6-8-13(12)11-19(17,18)15-10-4-2-3-9-14(15)16/h5-8,14-15H,2-4,9-11,16H2,1H3. The molecule has 2 N–H and O–H groups in total. The predicted octanol–water partition coefficient (Wildman–Crippen LogP) is 2.57. The summed E-state index contributed by atoms with van der Waals surface area (Å²) in [5.41, 5.74) is 8.01. The van der Waals surface area contributed by atoms with Crippen molar-refractivity contribution in [3.63, 3.8) is 0 Å². The van der Waals surface area contributed by atoms with Crippen LogP contribution in [0.15, 0.2) is 24.3 Å². The zero-order valence-corrected chi connectivity index (χ0v) is 12.3. The summed E-state index contributed by atoms with van der Waals surface area (Å²) in [6.07, 6.45) is 4.68. The summed E-state index contributed by atoms with van der Waals surface area (Å²) in [5, 5.41) is -0.366. The first kappa shape index (κ1) is 14.5. The van der Waals surface area contributed by atoms with Crippen molar-refractivity contribution in [2.75, 3.05) is 0 Å². The fraction of sp³-hybridized carbons (Fsp3) is 0.600. The maximum Gasteiger partial charge on any atom is 0.158 e. The van der Waals surface area contributed by atoms with E-state index in [1.165, 1.54) is 0 Å². The van der Waals surface area contributed by atoms with Crippen LogP contribution in [-0.2, 0) is 15.6 Å². The molecule has 106 valence electrons. The number of rotatable bonds is 3. The monoisotopic (exact) mass is 281 g/mol. The Labute approximate surface area is 116 Å². The third kappa shape index (κ3) is 3.57. The minimum atomic E-state index is -3.16. The lowest BCUT2D eigenvalue weighted by molar-refractivity contribution is 0.530. The van der Waals surface area contributed by atoms with Crippen LogP contribution >= 0.6 is 0 Å². The van der Waals surface area contributed by atoms with Crippen molar-refractivity contribution in [2.45, 2.75) is 56.1 Å². The van der Waals surface area contributed by atoms with Gasteiger partial charge in [0.25, 0.3) is 0 Å². The Kier molecular flexibility index (Phi) is 4.63. The number of sulfone groups is 1. The minimum absolute atomic E-state index is 0.123. The first-order chi connectivity index (χ1) is 9.00. The summed E-state index contributed by atoms with van der Waals surface area (Å²) in [6, 6.07) is 7.48. The Balaban J connectivity index is 2.20. The summed E-state index contributed by atoms with van der Waals surface area (Å²) in [6.45, 7) is 1.96. The Hall–Kier alpha value is -0.870. The van der Waals surface area contributed by atoms with Gasteiger partial charge >= 0.3 is 0 Å². The molecule has 1 aliphatic rings. The van der Waals surface area contributed by atoms with Crippen LogP contribution in [0.3, 0.4) is 0 Å². The van der Waals surface area contributed by atoms with Gasteiger partial charge in [-0.2, -0.15) is 0 Å². The minimum Gasteiger partial charge on any atom is -0.327 e. The second-order valence-corrected chi connectivity index (χ2v) is 7.79. The Morgan fingerprint density at radius 3 is 2.58 bits per heavy atom. The highest BCUT2D eigenvalue weighted by molar-refractivity contribution is 7.91. The SMILES string of the molecule is Cc1ccccc1CS(=O)(=O)C1CCCCCC1N. The molecule has 0 heterocycles. The van der Waals surface area contributed by atoms with Crippen LogP contribution in [0.1, 0.15) is 43.2 Å². The summed E-state index contributed by atoms with van der Waals surface area (Å²) in [4.78, 5) is 0. The van der Waals surface area contributed by atoms with Crippen LogP contribution < -0.4 is 5.73 Å². The molecule has 0 aromatic heterocycles. The molecule has 2 atom stereocenters. The topological polar surface area (TPSA) is 60.2 Å². The number of hydrogen-bond donors (Lipinski definition) is 1. The van der Waals surface area contributed by atoms with Crippen molar-refractivity contribution >= 4 is 9.84 Å². The first-order valence-electron chi connectivity index (χ1n) is 7.02. The fourth-order valence-corrected chi connectivity index (χ4v) is 5.01. The molecule has 0 spiro atoms. The number of nitrogens with two attached hydrogens (primary N) is 1. The third-order valence-corrected chi connectivity index (χ3v) is 6.30. The van der Waals surface area contributed by atoms with Crippen molar-refractivity contribution < 1.29 is 8.42 Å². The van der Waals surface area contributed by atoms with Crippen molar-refractivity contribution in [1.29, 1.82) is 0 Å². The molecule has 0 radical (unpaired) electrons. The molecule has 2 unspecified atom stereocenters. The maximum atomic E-state index is 12.6. The van der Waals surface area contributed by atoms with E-state index in [4.69, 9.17) is 5.73 Å². The molecule has 2 rings (SSSR count). The normalized spacial score (nSPS) is 24.9. The van der Waals surface area contributed by atoms with Gasteiger partial charge in [-0.15, -0.1) is 0 Å². The van der Waals surface area contributed by atoms with Crippen LogP contribution in [0, 0.1) is 6.92 Å². The molecular formula is C15H23NO2S. The average molecular weight is 281 g/mol. The van der Waals surface area contributed by atoms with Gasteiger partial charge < -0.3 is 5.73 Å². The summed E-state index contributed by atoms with van der Waals surface area (Å²) in [7, 11) is -3.16. The van der Waals surface area contributed by atoms with E-state index in [0.29, 0.717) is 0 Å². The molecule has 1 saturated carbocycles. The quantitative estimate of drug-likeness (QED) is 0.866. The second-order valence-electron chi connectivity index (χ2n) is 5.57. The molecule has 0 amide bonds. The third-order valence-electron chi connectivity index (χ3n) is 4.08. The number of hydrogen-bond acceptors (Lipinski definition) is 3. The van der Waals surface area contributed by atoms with Gasteiger partial charge in [-0.1, -0.05) is 43.5 Å². The van der Waals surface area contributed by atoms with E-state index >= 15 is 0 Å². The van der Waals surface area contributed by atoms with Crippen molar-refractivity contribution in [3.8, 4) is 0 Å². The van der Waals surface area contributed by atoms with Gasteiger partial charge in [0.1, 0.15) is 0 Å². The molecule has 0 bridgehead atoms. The lowest BCUT2D eigenvalue weighted by Crippen LogP contribution is -2.40. The molecule has 19 heavy (non-hydrogen) atoms. The maximum absolute atomic E-state index is 12.6. The van der Waals surface area contributed by atoms with Crippen LogP contribution in [-0.4, -0.2) is 19.7 Å². The van der Waals surface area contributed by atoms with E-state index < -0.39 is 9.84 Å². The Morgan fingerprint density at radius 1 is 1.16 bits per heavy atom. The van der Waals surface area contributed by atoms with Gasteiger partial charge in [0.05, 0.1) is 11.0 Å². The van der Waals surface area contributed by atoms with E-state index in [1.54, 1.807) is 0 Å². The molecular weight excluding hydrogens is 258 g/mol. The fourth-order valence-electron chi connectivity index (χ4n) is 2.84. The summed E-state index contributed by atoms with van der Waals surface area (Å²) in [5.74, 6) is 0.123. The van der Waals surface area contributed by atoms with Gasteiger partial charge in [-0.25, -0.2) is 8.42 Å².